The first-order chi connectivity index (χ1) is 9.16. The fourth-order valence-electron chi connectivity index (χ4n) is 2.66. The number of carbonyl (C=O) groups is 2. The minimum atomic E-state index is 0.0277. The summed E-state index contributed by atoms with van der Waals surface area (Å²) in [7, 11) is 1.94. The highest BCUT2D eigenvalue weighted by molar-refractivity contribution is 6.06. The Kier molecular flexibility index (Phi) is 2.85. The molecule has 0 radical (unpaired) electrons. The van der Waals surface area contributed by atoms with Crippen molar-refractivity contribution < 1.29 is 9.59 Å². The van der Waals surface area contributed by atoms with E-state index in [0.29, 0.717) is 25.9 Å². The molecule has 1 aromatic carbocycles. The second-order valence-corrected chi connectivity index (χ2v) is 5.00. The molecule has 2 heterocycles. The van der Waals surface area contributed by atoms with E-state index in [0.717, 1.165) is 16.5 Å². The van der Waals surface area contributed by atoms with Crippen LogP contribution >= 0.6 is 0 Å². The number of hydrogen-bond acceptors (Lipinski definition) is 2. The van der Waals surface area contributed by atoms with Crippen LogP contribution in [0, 0.1) is 0 Å². The van der Waals surface area contributed by atoms with Gasteiger partial charge in [-0.3, -0.25) is 9.59 Å². The molecule has 19 heavy (non-hydrogen) atoms. The van der Waals surface area contributed by atoms with Gasteiger partial charge < -0.3 is 9.47 Å². The molecule has 0 bridgehead atoms. The number of Topliss-reactive ketones (excluding diaryl/α,β-unsaturated/α-hetero) is 1. The number of likely N-dealkylation sites (tertiary alicyclic amines) is 1. The third-order valence-electron chi connectivity index (χ3n) is 3.74. The Balaban J connectivity index is 1.97. The summed E-state index contributed by atoms with van der Waals surface area (Å²) in [5.74, 6) is 0.279. The van der Waals surface area contributed by atoms with Gasteiger partial charge in [0, 0.05) is 44.6 Å². The predicted octanol–water partition coefficient (Wildman–Crippen LogP) is 1.98. The molecular weight excluding hydrogens is 240 g/mol. The molecule has 2 aromatic rings. The SMILES string of the molecule is Cn1ccc2cccc(C(=O)N3CCC(=O)CC3)c21. The summed E-state index contributed by atoms with van der Waals surface area (Å²) in [6, 6.07) is 7.78. The molecule has 0 aliphatic carbocycles. The van der Waals surface area contributed by atoms with Crippen molar-refractivity contribution in [3.63, 3.8) is 0 Å². The number of piperidine rings is 1. The van der Waals surface area contributed by atoms with Crippen LogP contribution in [-0.4, -0.2) is 34.2 Å². The van der Waals surface area contributed by atoms with Crippen LogP contribution in [0.15, 0.2) is 30.5 Å². The Hall–Kier alpha value is -2.10. The minimum Gasteiger partial charge on any atom is -0.350 e. The molecule has 1 aromatic heterocycles. The van der Waals surface area contributed by atoms with E-state index in [9.17, 15) is 9.59 Å². The normalized spacial score (nSPS) is 16.1. The third kappa shape index (κ3) is 2.03. The summed E-state index contributed by atoms with van der Waals surface area (Å²) in [5.41, 5.74) is 1.68. The van der Waals surface area contributed by atoms with Crippen molar-refractivity contribution in [1.29, 1.82) is 0 Å². The van der Waals surface area contributed by atoms with Gasteiger partial charge in [0.1, 0.15) is 5.78 Å². The molecule has 0 unspecified atom stereocenters. The number of aromatic nitrogens is 1. The number of benzene rings is 1. The maximum absolute atomic E-state index is 12.6. The Morgan fingerprint density at radius 3 is 2.63 bits per heavy atom. The molecule has 1 aliphatic heterocycles. The van der Waals surface area contributed by atoms with Crippen LogP contribution in [0.1, 0.15) is 23.2 Å². The summed E-state index contributed by atoms with van der Waals surface area (Å²) < 4.78 is 1.97. The van der Waals surface area contributed by atoms with E-state index < -0.39 is 0 Å². The Labute approximate surface area is 111 Å². The van der Waals surface area contributed by atoms with E-state index >= 15 is 0 Å². The van der Waals surface area contributed by atoms with Gasteiger partial charge in [0.2, 0.25) is 0 Å². The number of ketones is 1. The number of aryl methyl sites for hydroxylation is 1. The average Bonchev–Trinajstić information content (AvgIpc) is 2.81. The maximum Gasteiger partial charge on any atom is 0.256 e. The van der Waals surface area contributed by atoms with Crippen LogP contribution in [0.3, 0.4) is 0 Å². The van der Waals surface area contributed by atoms with E-state index in [1.807, 2.05) is 42.1 Å². The van der Waals surface area contributed by atoms with E-state index in [1.54, 1.807) is 4.90 Å². The summed E-state index contributed by atoms with van der Waals surface area (Å²) in [5, 5.41) is 1.07. The molecule has 0 spiro atoms. The quantitative estimate of drug-likeness (QED) is 0.783. The lowest BCUT2D eigenvalue weighted by molar-refractivity contribution is -0.120. The van der Waals surface area contributed by atoms with Crippen molar-refractivity contribution in [2.75, 3.05) is 13.1 Å². The van der Waals surface area contributed by atoms with Gasteiger partial charge in [-0.2, -0.15) is 0 Å². The second kappa shape index (κ2) is 4.53. The fraction of sp³-hybridized carbons (Fsp3) is 0.333. The number of amides is 1. The number of rotatable bonds is 1. The van der Waals surface area contributed by atoms with E-state index in [1.165, 1.54) is 0 Å². The van der Waals surface area contributed by atoms with Gasteiger partial charge >= 0.3 is 0 Å². The second-order valence-electron chi connectivity index (χ2n) is 5.00. The molecule has 0 saturated carbocycles. The molecule has 98 valence electrons. The standard InChI is InChI=1S/C15H16N2O2/c1-16-8-5-11-3-2-4-13(14(11)16)15(19)17-9-6-12(18)7-10-17/h2-5,8H,6-7,9-10H2,1H3. The van der Waals surface area contributed by atoms with Crippen molar-refractivity contribution in [3.05, 3.63) is 36.0 Å². The molecule has 0 atom stereocenters. The highest BCUT2D eigenvalue weighted by atomic mass is 16.2. The first-order valence-electron chi connectivity index (χ1n) is 6.52. The van der Waals surface area contributed by atoms with Crippen molar-refractivity contribution in [3.8, 4) is 0 Å². The van der Waals surface area contributed by atoms with Gasteiger partial charge in [-0.1, -0.05) is 12.1 Å². The molecule has 0 N–H and O–H groups in total. The predicted molar refractivity (Wildman–Crippen MR) is 73.1 cm³/mol. The van der Waals surface area contributed by atoms with Crippen molar-refractivity contribution >= 4 is 22.6 Å². The largest absolute Gasteiger partial charge is 0.350 e. The zero-order chi connectivity index (χ0) is 13.4. The summed E-state index contributed by atoms with van der Waals surface area (Å²) in [4.78, 5) is 25.6. The van der Waals surface area contributed by atoms with Gasteiger partial charge in [0.05, 0.1) is 11.1 Å². The van der Waals surface area contributed by atoms with Crippen molar-refractivity contribution in [1.82, 2.24) is 9.47 Å². The van der Waals surface area contributed by atoms with Gasteiger partial charge in [0.25, 0.3) is 5.91 Å². The molecular formula is C15H16N2O2. The molecule has 4 heteroatoms. The lowest BCUT2D eigenvalue weighted by Gasteiger charge is -2.26. The number of fused-ring (bicyclic) bond motifs is 1. The topological polar surface area (TPSA) is 42.3 Å². The summed E-state index contributed by atoms with van der Waals surface area (Å²) >= 11 is 0. The van der Waals surface area contributed by atoms with Crippen LogP contribution in [0.5, 0.6) is 0 Å². The lowest BCUT2D eigenvalue weighted by Crippen LogP contribution is -2.38. The highest BCUT2D eigenvalue weighted by Gasteiger charge is 2.23. The van der Waals surface area contributed by atoms with Gasteiger partial charge in [0.15, 0.2) is 0 Å². The molecule has 3 rings (SSSR count). The molecule has 1 fully saturated rings. The smallest absolute Gasteiger partial charge is 0.256 e. The van der Waals surface area contributed by atoms with Crippen LogP contribution in [0.25, 0.3) is 10.9 Å². The molecule has 4 nitrogen and oxygen atoms in total. The lowest BCUT2D eigenvalue weighted by atomic mass is 10.1. The van der Waals surface area contributed by atoms with Gasteiger partial charge in [-0.05, 0) is 12.1 Å². The van der Waals surface area contributed by atoms with Crippen LogP contribution < -0.4 is 0 Å². The Morgan fingerprint density at radius 1 is 1.16 bits per heavy atom. The first-order valence-corrected chi connectivity index (χ1v) is 6.52. The highest BCUT2D eigenvalue weighted by Crippen LogP contribution is 2.21. The number of nitrogens with zero attached hydrogens (tertiary/aromatic N) is 2. The first kappa shape index (κ1) is 12.0. The van der Waals surface area contributed by atoms with Gasteiger partial charge in [-0.25, -0.2) is 0 Å². The monoisotopic (exact) mass is 256 g/mol. The van der Waals surface area contributed by atoms with E-state index in [-0.39, 0.29) is 11.7 Å². The number of para-hydroxylation sites is 1. The fourth-order valence-corrected chi connectivity index (χ4v) is 2.66. The summed E-state index contributed by atoms with van der Waals surface area (Å²) in [6.07, 6.45) is 2.92. The van der Waals surface area contributed by atoms with Crippen molar-refractivity contribution in [2.45, 2.75) is 12.8 Å². The van der Waals surface area contributed by atoms with Crippen molar-refractivity contribution in [2.24, 2.45) is 7.05 Å². The maximum atomic E-state index is 12.6. The summed E-state index contributed by atoms with van der Waals surface area (Å²) in [6.45, 7) is 1.08. The molecule has 1 aliphatic rings. The van der Waals surface area contributed by atoms with E-state index in [2.05, 4.69) is 0 Å². The molecule has 1 amide bonds. The average molecular weight is 256 g/mol. The van der Waals surface area contributed by atoms with Crippen LogP contribution in [-0.2, 0) is 11.8 Å². The molecule has 1 saturated heterocycles. The Morgan fingerprint density at radius 2 is 1.89 bits per heavy atom. The van der Waals surface area contributed by atoms with Crippen LogP contribution in [0.4, 0.5) is 0 Å². The van der Waals surface area contributed by atoms with Gasteiger partial charge in [-0.15, -0.1) is 0 Å². The zero-order valence-electron chi connectivity index (χ0n) is 10.9. The number of carbonyl (C=O) groups excluding carboxylic acids is 2. The van der Waals surface area contributed by atoms with E-state index in [4.69, 9.17) is 0 Å². The number of hydrogen-bond donors (Lipinski definition) is 0. The zero-order valence-corrected chi connectivity index (χ0v) is 10.9. The minimum absolute atomic E-state index is 0.0277. The third-order valence-corrected chi connectivity index (χ3v) is 3.74. The van der Waals surface area contributed by atoms with Crippen LogP contribution in [0.2, 0.25) is 0 Å². The Bertz CT molecular complexity index is 647.